The molecule has 0 bridgehead atoms. The topological polar surface area (TPSA) is 82.0 Å². The summed E-state index contributed by atoms with van der Waals surface area (Å²) in [5.74, 6) is -0.730. The second-order valence-corrected chi connectivity index (χ2v) is 5.38. The molecule has 1 aromatic rings. The maximum atomic E-state index is 13.1. The van der Waals surface area contributed by atoms with E-state index in [1.54, 1.807) is 13.1 Å². The highest BCUT2D eigenvalue weighted by atomic mass is 32.2. The monoisotopic (exact) mass is 271 g/mol. The molecule has 5 nitrogen and oxygen atoms in total. The maximum Gasteiger partial charge on any atom is 0.240 e. The van der Waals surface area contributed by atoms with Gasteiger partial charge in [0, 0.05) is 6.54 Å². The fourth-order valence-electron chi connectivity index (χ4n) is 1.31. The van der Waals surface area contributed by atoms with Gasteiger partial charge in [-0.3, -0.25) is 0 Å². The van der Waals surface area contributed by atoms with Crippen LogP contribution in [0.25, 0.3) is 0 Å². The van der Waals surface area contributed by atoms with Crippen LogP contribution in [0.3, 0.4) is 0 Å². The van der Waals surface area contributed by atoms with E-state index in [0.717, 1.165) is 18.2 Å². The predicted molar refractivity (Wildman–Crippen MR) is 64.8 cm³/mol. The van der Waals surface area contributed by atoms with Gasteiger partial charge in [0.05, 0.1) is 10.5 Å². The minimum Gasteiger partial charge on any atom is -0.320 e. The van der Waals surface area contributed by atoms with Crippen LogP contribution in [0, 0.1) is 17.1 Å². The van der Waals surface area contributed by atoms with Crippen LogP contribution >= 0.6 is 0 Å². The van der Waals surface area contributed by atoms with Gasteiger partial charge in [0.2, 0.25) is 10.0 Å². The summed E-state index contributed by atoms with van der Waals surface area (Å²) >= 11 is 0. The fourth-order valence-corrected chi connectivity index (χ4v) is 2.41. The molecule has 0 aliphatic carbocycles. The van der Waals surface area contributed by atoms with Crippen molar-refractivity contribution in [3.8, 4) is 6.07 Å². The van der Waals surface area contributed by atoms with E-state index in [0.29, 0.717) is 13.0 Å². The standard InChI is InChI=1S/C11H14FN3O2S/c1-14-5-2-6-15-18(16,17)10-3-4-11(12)9(7-10)8-13/h3-4,7,14-15H,2,5-6H2,1H3. The molecule has 0 radical (unpaired) electrons. The van der Waals surface area contributed by atoms with E-state index in [4.69, 9.17) is 5.26 Å². The van der Waals surface area contributed by atoms with E-state index >= 15 is 0 Å². The second-order valence-electron chi connectivity index (χ2n) is 3.61. The summed E-state index contributed by atoms with van der Waals surface area (Å²) in [7, 11) is -1.91. The zero-order chi connectivity index (χ0) is 13.6. The first-order valence-electron chi connectivity index (χ1n) is 5.35. The normalized spacial score (nSPS) is 11.2. The summed E-state index contributed by atoms with van der Waals surface area (Å²) in [6, 6.07) is 4.74. The SMILES string of the molecule is CNCCCNS(=O)(=O)c1ccc(F)c(C#N)c1. The van der Waals surface area contributed by atoms with Crippen molar-refractivity contribution in [1.29, 1.82) is 5.26 Å². The Balaban J connectivity index is 2.83. The molecule has 0 heterocycles. The van der Waals surface area contributed by atoms with Crippen molar-refractivity contribution in [3.63, 3.8) is 0 Å². The maximum absolute atomic E-state index is 13.1. The van der Waals surface area contributed by atoms with E-state index in [9.17, 15) is 12.8 Å². The molecule has 2 N–H and O–H groups in total. The van der Waals surface area contributed by atoms with Crippen molar-refractivity contribution in [3.05, 3.63) is 29.6 Å². The molecule has 0 aromatic heterocycles. The highest BCUT2D eigenvalue weighted by molar-refractivity contribution is 7.89. The molecule has 18 heavy (non-hydrogen) atoms. The molecule has 1 rings (SSSR count). The molecule has 0 unspecified atom stereocenters. The van der Waals surface area contributed by atoms with Crippen LogP contribution in [-0.4, -0.2) is 28.6 Å². The predicted octanol–water partition coefficient (Wildman–Crippen LogP) is 0.585. The van der Waals surface area contributed by atoms with E-state index < -0.39 is 15.8 Å². The van der Waals surface area contributed by atoms with Gasteiger partial charge >= 0.3 is 0 Å². The summed E-state index contributed by atoms with van der Waals surface area (Å²) in [5.41, 5.74) is -0.284. The number of rotatable bonds is 6. The Morgan fingerprint density at radius 3 is 2.72 bits per heavy atom. The first-order valence-corrected chi connectivity index (χ1v) is 6.83. The Morgan fingerprint density at radius 1 is 1.39 bits per heavy atom. The summed E-state index contributed by atoms with van der Waals surface area (Å²) in [6.07, 6.45) is 0.641. The van der Waals surface area contributed by atoms with Crippen molar-refractivity contribution in [2.24, 2.45) is 0 Å². The van der Waals surface area contributed by atoms with Gasteiger partial charge in [0.25, 0.3) is 0 Å². The molecule has 98 valence electrons. The number of nitriles is 1. The first kappa shape index (κ1) is 14.6. The van der Waals surface area contributed by atoms with Crippen molar-refractivity contribution in [2.75, 3.05) is 20.1 Å². The molecule has 0 fully saturated rings. The molecule has 0 spiro atoms. The van der Waals surface area contributed by atoms with Crippen LogP contribution in [-0.2, 0) is 10.0 Å². The molecule has 0 atom stereocenters. The highest BCUT2D eigenvalue weighted by Gasteiger charge is 2.15. The minimum atomic E-state index is -3.69. The zero-order valence-corrected chi connectivity index (χ0v) is 10.7. The average molecular weight is 271 g/mol. The number of sulfonamides is 1. The third-order valence-corrected chi connectivity index (χ3v) is 3.72. The molecule has 1 aromatic carbocycles. The molecule has 0 saturated heterocycles. The van der Waals surface area contributed by atoms with Gasteiger partial charge in [0.15, 0.2) is 0 Å². The zero-order valence-electron chi connectivity index (χ0n) is 9.90. The second kappa shape index (κ2) is 6.44. The van der Waals surface area contributed by atoms with Crippen LogP contribution in [0.4, 0.5) is 4.39 Å². The Morgan fingerprint density at radius 2 is 2.11 bits per heavy atom. The van der Waals surface area contributed by atoms with Crippen LogP contribution in [0.5, 0.6) is 0 Å². The molecule has 0 aliphatic heterocycles. The number of hydrogen-bond acceptors (Lipinski definition) is 4. The molecule has 0 saturated carbocycles. The number of hydrogen-bond donors (Lipinski definition) is 2. The molecular weight excluding hydrogens is 257 g/mol. The van der Waals surface area contributed by atoms with E-state index in [1.165, 1.54) is 0 Å². The summed E-state index contributed by atoms with van der Waals surface area (Å²) in [5, 5.41) is 11.5. The van der Waals surface area contributed by atoms with Crippen LogP contribution in [0.2, 0.25) is 0 Å². The van der Waals surface area contributed by atoms with Gasteiger partial charge < -0.3 is 5.32 Å². The van der Waals surface area contributed by atoms with Crippen molar-refractivity contribution >= 4 is 10.0 Å². The smallest absolute Gasteiger partial charge is 0.240 e. The van der Waals surface area contributed by atoms with Gasteiger partial charge in [-0.15, -0.1) is 0 Å². The van der Waals surface area contributed by atoms with Crippen molar-refractivity contribution in [1.82, 2.24) is 10.0 Å². The third kappa shape index (κ3) is 3.77. The molecule has 0 amide bonds. The Hall–Kier alpha value is -1.49. The summed E-state index contributed by atoms with van der Waals surface area (Å²) < 4.78 is 39.1. The Kier molecular flexibility index (Phi) is 5.22. The van der Waals surface area contributed by atoms with Crippen molar-refractivity contribution in [2.45, 2.75) is 11.3 Å². The lowest BCUT2D eigenvalue weighted by molar-refractivity contribution is 0.576. The molecule has 7 heteroatoms. The summed E-state index contributed by atoms with van der Waals surface area (Å²) in [4.78, 5) is -0.107. The van der Waals surface area contributed by atoms with Crippen LogP contribution < -0.4 is 10.0 Å². The van der Waals surface area contributed by atoms with E-state index in [1.807, 2.05) is 0 Å². The molecule has 0 aliphatic rings. The Labute approximate surface area is 106 Å². The highest BCUT2D eigenvalue weighted by Crippen LogP contribution is 2.14. The number of halogens is 1. The lowest BCUT2D eigenvalue weighted by Crippen LogP contribution is -2.26. The van der Waals surface area contributed by atoms with Gasteiger partial charge in [-0.25, -0.2) is 17.5 Å². The van der Waals surface area contributed by atoms with Gasteiger partial charge in [-0.2, -0.15) is 5.26 Å². The van der Waals surface area contributed by atoms with Gasteiger partial charge in [0.1, 0.15) is 11.9 Å². The minimum absolute atomic E-state index is 0.107. The average Bonchev–Trinajstić information content (AvgIpc) is 2.35. The number of benzene rings is 1. The number of nitrogens with zero attached hydrogens (tertiary/aromatic N) is 1. The van der Waals surface area contributed by atoms with E-state index in [-0.39, 0.29) is 17.0 Å². The fraction of sp³-hybridized carbons (Fsp3) is 0.364. The van der Waals surface area contributed by atoms with Crippen LogP contribution in [0.15, 0.2) is 23.1 Å². The lowest BCUT2D eigenvalue weighted by atomic mass is 10.2. The van der Waals surface area contributed by atoms with Gasteiger partial charge in [-0.1, -0.05) is 0 Å². The van der Waals surface area contributed by atoms with Gasteiger partial charge in [-0.05, 0) is 38.2 Å². The Bertz CT molecular complexity index is 552. The lowest BCUT2D eigenvalue weighted by Gasteiger charge is -2.07. The third-order valence-electron chi connectivity index (χ3n) is 2.26. The number of nitrogens with one attached hydrogen (secondary N) is 2. The first-order chi connectivity index (χ1) is 8.51. The summed E-state index contributed by atoms with van der Waals surface area (Å²) in [6.45, 7) is 0.970. The quantitative estimate of drug-likeness (QED) is 0.742. The van der Waals surface area contributed by atoms with Crippen molar-refractivity contribution < 1.29 is 12.8 Å². The van der Waals surface area contributed by atoms with E-state index in [2.05, 4.69) is 10.0 Å². The van der Waals surface area contributed by atoms with Crippen LogP contribution in [0.1, 0.15) is 12.0 Å². The molecular formula is C11H14FN3O2S. The largest absolute Gasteiger partial charge is 0.320 e.